The Balaban J connectivity index is 1.75. The van der Waals surface area contributed by atoms with Crippen molar-refractivity contribution in [3.05, 3.63) is 23.8 Å². The summed E-state index contributed by atoms with van der Waals surface area (Å²) in [4.78, 5) is 19.7. The molecule has 1 fully saturated rings. The number of nitrogens with one attached hydrogen (secondary N) is 2. The molecule has 1 aliphatic rings. The summed E-state index contributed by atoms with van der Waals surface area (Å²) >= 11 is 0. The van der Waals surface area contributed by atoms with Gasteiger partial charge in [0.2, 0.25) is 0 Å². The average molecular weight is 234 g/mol. The second kappa shape index (κ2) is 5.61. The van der Waals surface area contributed by atoms with Gasteiger partial charge in [0.1, 0.15) is 6.33 Å². The molecule has 5 heteroatoms. The highest BCUT2D eigenvalue weighted by Gasteiger charge is 2.16. The molecule has 0 atom stereocenters. The zero-order valence-electron chi connectivity index (χ0n) is 10.1. The minimum atomic E-state index is -0.104. The summed E-state index contributed by atoms with van der Waals surface area (Å²) in [5.41, 5.74) is 1.74. The van der Waals surface area contributed by atoms with Crippen molar-refractivity contribution in [1.82, 2.24) is 20.6 Å². The molecule has 0 aliphatic heterocycles. The van der Waals surface area contributed by atoms with Crippen LogP contribution in [0.5, 0.6) is 0 Å². The van der Waals surface area contributed by atoms with Crippen molar-refractivity contribution in [3.63, 3.8) is 0 Å². The molecule has 1 aliphatic carbocycles. The summed E-state index contributed by atoms with van der Waals surface area (Å²) in [6.07, 6.45) is 6.15. The largest absolute Gasteiger partial charge is 0.335 e. The van der Waals surface area contributed by atoms with Gasteiger partial charge in [-0.3, -0.25) is 0 Å². The second-order valence-corrected chi connectivity index (χ2v) is 4.46. The molecule has 1 aromatic heterocycles. The third-order valence-electron chi connectivity index (χ3n) is 2.98. The van der Waals surface area contributed by atoms with E-state index in [0.29, 0.717) is 12.6 Å². The molecule has 1 saturated carbocycles. The summed E-state index contributed by atoms with van der Waals surface area (Å²) in [5, 5.41) is 5.78. The molecule has 0 spiro atoms. The second-order valence-electron chi connectivity index (χ2n) is 4.46. The number of rotatable bonds is 3. The molecule has 0 aromatic carbocycles. The standard InChI is InChI=1S/C12H18N4O/c1-9-6-11(15-8-14-9)7-13-12(17)16-10-4-2-3-5-10/h6,8,10H,2-5,7H2,1H3,(H2,13,16,17). The molecule has 92 valence electrons. The van der Waals surface area contributed by atoms with Crippen molar-refractivity contribution < 1.29 is 4.79 Å². The Labute approximate surface area is 101 Å². The van der Waals surface area contributed by atoms with Gasteiger partial charge in [-0.25, -0.2) is 14.8 Å². The molecule has 1 aromatic rings. The van der Waals surface area contributed by atoms with Crippen molar-refractivity contribution in [2.75, 3.05) is 0 Å². The van der Waals surface area contributed by atoms with Crippen LogP contribution in [-0.4, -0.2) is 22.0 Å². The van der Waals surface area contributed by atoms with Crippen molar-refractivity contribution in [1.29, 1.82) is 0 Å². The third kappa shape index (κ3) is 3.69. The number of carbonyl (C=O) groups excluding carboxylic acids is 1. The van der Waals surface area contributed by atoms with E-state index in [0.717, 1.165) is 24.2 Å². The first kappa shape index (κ1) is 11.8. The lowest BCUT2D eigenvalue weighted by atomic mass is 10.2. The van der Waals surface area contributed by atoms with Gasteiger partial charge < -0.3 is 10.6 Å². The highest BCUT2D eigenvalue weighted by Crippen LogP contribution is 2.17. The fourth-order valence-corrected chi connectivity index (χ4v) is 2.08. The molecule has 2 N–H and O–H groups in total. The summed E-state index contributed by atoms with van der Waals surface area (Å²) in [7, 11) is 0. The molecule has 17 heavy (non-hydrogen) atoms. The maximum Gasteiger partial charge on any atom is 0.315 e. The van der Waals surface area contributed by atoms with Gasteiger partial charge in [0, 0.05) is 11.7 Å². The first-order valence-electron chi connectivity index (χ1n) is 6.06. The van der Waals surface area contributed by atoms with E-state index in [2.05, 4.69) is 20.6 Å². The molecular formula is C12H18N4O. The van der Waals surface area contributed by atoms with E-state index in [1.807, 2.05) is 13.0 Å². The van der Waals surface area contributed by atoms with E-state index in [-0.39, 0.29) is 6.03 Å². The van der Waals surface area contributed by atoms with Crippen molar-refractivity contribution >= 4 is 6.03 Å². The Morgan fingerprint density at radius 1 is 1.41 bits per heavy atom. The number of amides is 2. The molecule has 0 saturated heterocycles. The van der Waals surface area contributed by atoms with Crippen LogP contribution in [0.25, 0.3) is 0 Å². The van der Waals surface area contributed by atoms with Crippen LogP contribution in [0, 0.1) is 6.92 Å². The van der Waals surface area contributed by atoms with Gasteiger partial charge in [-0.15, -0.1) is 0 Å². The van der Waals surface area contributed by atoms with Gasteiger partial charge in [-0.2, -0.15) is 0 Å². The lowest BCUT2D eigenvalue weighted by Crippen LogP contribution is -2.40. The maximum absolute atomic E-state index is 11.6. The van der Waals surface area contributed by atoms with Gasteiger partial charge in [0.25, 0.3) is 0 Å². The van der Waals surface area contributed by atoms with Gasteiger partial charge in [-0.05, 0) is 25.8 Å². The fraction of sp³-hybridized carbons (Fsp3) is 0.583. The number of urea groups is 1. The first-order valence-corrected chi connectivity index (χ1v) is 6.06. The number of aryl methyl sites for hydroxylation is 1. The molecule has 0 radical (unpaired) electrons. The highest BCUT2D eigenvalue weighted by molar-refractivity contribution is 5.74. The molecule has 2 amide bonds. The van der Waals surface area contributed by atoms with E-state index in [4.69, 9.17) is 0 Å². The smallest absolute Gasteiger partial charge is 0.315 e. The minimum absolute atomic E-state index is 0.104. The number of carbonyl (C=O) groups is 1. The van der Waals surface area contributed by atoms with E-state index in [1.54, 1.807) is 0 Å². The third-order valence-corrected chi connectivity index (χ3v) is 2.98. The summed E-state index contributed by atoms with van der Waals surface area (Å²) < 4.78 is 0. The Kier molecular flexibility index (Phi) is 3.90. The Bertz CT molecular complexity index is 388. The van der Waals surface area contributed by atoms with Crippen LogP contribution in [-0.2, 0) is 6.54 Å². The first-order chi connectivity index (χ1) is 8.24. The van der Waals surface area contributed by atoms with Crippen LogP contribution < -0.4 is 10.6 Å². The monoisotopic (exact) mass is 234 g/mol. The minimum Gasteiger partial charge on any atom is -0.335 e. The van der Waals surface area contributed by atoms with E-state index in [1.165, 1.54) is 19.2 Å². The van der Waals surface area contributed by atoms with Gasteiger partial charge in [0.15, 0.2) is 0 Å². The number of hydrogen-bond donors (Lipinski definition) is 2. The van der Waals surface area contributed by atoms with Crippen LogP contribution in [0.1, 0.15) is 37.1 Å². The number of hydrogen-bond acceptors (Lipinski definition) is 3. The molecular weight excluding hydrogens is 216 g/mol. The zero-order chi connectivity index (χ0) is 12.1. The Morgan fingerprint density at radius 2 is 2.18 bits per heavy atom. The highest BCUT2D eigenvalue weighted by atomic mass is 16.2. The molecule has 0 bridgehead atoms. The average Bonchev–Trinajstić information content (AvgIpc) is 2.79. The summed E-state index contributed by atoms with van der Waals surface area (Å²) in [6, 6.07) is 2.12. The predicted octanol–water partition coefficient (Wildman–Crippen LogP) is 1.53. The van der Waals surface area contributed by atoms with Crippen LogP contribution in [0.15, 0.2) is 12.4 Å². The molecule has 0 unspecified atom stereocenters. The number of aromatic nitrogens is 2. The van der Waals surface area contributed by atoms with Crippen LogP contribution in [0.2, 0.25) is 0 Å². The number of nitrogens with zero attached hydrogens (tertiary/aromatic N) is 2. The summed E-state index contributed by atoms with van der Waals surface area (Å²) in [5.74, 6) is 0. The van der Waals surface area contributed by atoms with Gasteiger partial charge >= 0.3 is 6.03 Å². The lowest BCUT2D eigenvalue weighted by molar-refractivity contribution is 0.236. The fourth-order valence-electron chi connectivity index (χ4n) is 2.08. The van der Waals surface area contributed by atoms with Crippen molar-refractivity contribution in [3.8, 4) is 0 Å². The van der Waals surface area contributed by atoms with Gasteiger partial charge in [-0.1, -0.05) is 12.8 Å². The van der Waals surface area contributed by atoms with Gasteiger partial charge in [0.05, 0.1) is 12.2 Å². The zero-order valence-corrected chi connectivity index (χ0v) is 10.1. The quantitative estimate of drug-likeness (QED) is 0.833. The van der Waals surface area contributed by atoms with E-state index < -0.39 is 0 Å². The lowest BCUT2D eigenvalue weighted by Gasteiger charge is -2.12. The topological polar surface area (TPSA) is 66.9 Å². The molecule has 1 heterocycles. The predicted molar refractivity (Wildman–Crippen MR) is 64.4 cm³/mol. The Hall–Kier alpha value is -1.65. The van der Waals surface area contributed by atoms with E-state index >= 15 is 0 Å². The maximum atomic E-state index is 11.6. The Morgan fingerprint density at radius 3 is 2.88 bits per heavy atom. The van der Waals surface area contributed by atoms with Crippen LogP contribution in [0.4, 0.5) is 4.79 Å². The van der Waals surface area contributed by atoms with Crippen molar-refractivity contribution in [2.45, 2.75) is 45.2 Å². The normalized spacial score (nSPS) is 15.8. The summed E-state index contributed by atoms with van der Waals surface area (Å²) in [6.45, 7) is 2.35. The van der Waals surface area contributed by atoms with E-state index in [9.17, 15) is 4.79 Å². The molecule has 2 rings (SSSR count). The molecule has 5 nitrogen and oxygen atoms in total. The van der Waals surface area contributed by atoms with Crippen molar-refractivity contribution in [2.24, 2.45) is 0 Å². The van der Waals surface area contributed by atoms with Crippen LogP contribution in [0.3, 0.4) is 0 Å². The van der Waals surface area contributed by atoms with Crippen LogP contribution >= 0.6 is 0 Å². The SMILES string of the molecule is Cc1cc(CNC(=O)NC2CCCC2)ncn1.